The highest BCUT2D eigenvalue weighted by Gasteiger charge is 2.35. The van der Waals surface area contributed by atoms with Crippen molar-refractivity contribution in [3.05, 3.63) is 93.5 Å². The number of hydrogen-bond acceptors (Lipinski definition) is 4. The van der Waals surface area contributed by atoms with Gasteiger partial charge < -0.3 is 10.2 Å². The molecule has 3 aromatic carbocycles. The van der Waals surface area contributed by atoms with E-state index in [9.17, 15) is 18.0 Å². The number of carbonyl (C=O) groups is 2. The van der Waals surface area contributed by atoms with Crippen LogP contribution in [0.5, 0.6) is 0 Å². The van der Waals surface area contributed by atoms with Crippen LogP contribution in [-0.2, 0) is 26.2 Å². The molecular formula is C33H39Cl2N3O4S. The number of nitrogens with zero attached hydrogens (tertiary/aromatic N) is 2. The lowest BCUT2D eigenvalue weighted by atomic mass is 9.95. The van der Waals surface area contributed by atoms with Gasteiger partial charge in [-0.15, -0.1) is 0 Å². The lowest BCUT2D eigenvalue weighted by Crippen LogP contribution is -2.54. The zero-order valence-electron chi connectivity index (χ0n) is 24.9. The highest BCUT2D eigenvalue weighted by atomic mass is 35.5. The van der Waals surface area contributed by atoms with Crippen molar-refractivity contribution in [2.45, 2.75) is 82.8 Å². The van der Waals surface area contributed by atoms with Gasteiger partial charge in [-0.05, 0) is 62.9 Å². The molecule has 1 fully saturated rings. The van der Waals surface area contributed by atoms with Crippen molar-refractivity contribution in [3.63, 3.8) is 0 Å². The molecular weight excluding hydrogens is 605 g/mol. The summed E-state index contributed by atoms with van der Waals surface area (Å²) in [5, 5.41) is 3.33. The Morgan fingerprint density at radius 1 is 0.907 bits per heavy atom. The number of nitrogens with one attached hydrogen (secondary N) is 1. The Morgan fingerprint density at radius 3 is 2.12 bits per heavy atom. The molecule has 1 atom stereocenters. The van der Waals surface area contributed by atoms with Crippen LogP contribution in [0.3, 0.4) is 0 Å². The second-order valence-corrected chi connectivity index (χ2v) is 13.8. The Bertz CT molecular complexity index is 1520. The molecule has 0 aromatic heterocycles. The third kappa shape index (κ3) is 8.11. The molecule has 7 nitrogen and oxygen atoms in total. The molecule has 1 aliphatic carbocycles. The molecule has 10 heteroatoms. The van der Waals surface area contributed by atoms with Crippen LogP contribution in [0.25, 0.3) is 0 Å². The minimum absolute atomic E-state index is 0.00844. The number of aryl methyl sites for hydroxylation is 2. The number of sulfonamides is 1. The molecule has 3 aromatic rings. The summed E-state index contributed by atoms with van der Waals surface area (Å²) in [5.74, 6) is -0.762. The largest absolute Gasteiger partial charge is 0.352 e. The van der Waals surface area contributed by atoms with E-state index in [1.165, 1.54) is 23.1 Å². The van der Waals surface area contributed by atoms with Crippen LogP contribution in [0, 0.1) is 13.8 Å². The van der Waals surface area contributed by atoms with Crippen molar-refractivity contribution in [2.75, 3.05) is 10.8 Å². The highest BCUT2D eigenvalue weighted by molar-refractivity contribution is 7.92. The van der Waals surface area contributed by atoms with Gasteiger partial charge in [0, 0.05) is 12.6 Å². The summed E-state index contributed by atoms with van der Waals surface area (Å²) in [6, 6.07) is 18.0. The first-order chi connectivity index (χ1) is 20.5. The minimum atomic E-state index is -4.25. The van der Waals surface area contributed by atoms with Crippen molar-refractivity contribution >= 4 is 50.7 Å². The van der Waals surface area contributed by atoms with E-state index in [1.807, 2.05) is 45.0 Å². The van der Waals surface area contributed by atoms with E-state index in [0.717, 1.165) is 53.1 Å². The van der Waals surface area contributed by atoms with Gasteiger partial charge in [0.25, 0.3) is 10.0 Å². The van der Waals surface area contributed by atoms with E-state index < -0.39 is 28.5 Å². The summed E-state index contributed by atoms with van der Waals surface area (Å²) < 4.78 is 29.1. The average molecular weight is 645 g/mol. The average Bonchev–Trinajstić information content (AvgIpc) is 2.99. The minimum Gasteiger partial charge on any atom is -0.352 e. The number of hydrogen-bond donors (Lipinski definition) is 1. The number of amides is 2. The third-order valence-corrected chi connectivity index (χ3v) is 10.5. The van der Waals surface area contributed by atoms with Gasteiger partial charge in [-0.3, -0.25) is 13.9 Å². The third-order valence-electron chi connectivity index (χ3n) is 7.90. The Balaban J connectivity index is 1.73. The Kier molecular flexibility index (Phi) is 11.2. The smallest absolute Gasteiger partial charge is 0.264 e. The van der Waals surface area contributed by atoms with Crippen LogP contribution in [-0.4, -0.2) is 43.8 Å². The lowest BCUT2D eigenvalue weighted by Gasteiger charge is -2.34. The van der Waals surface area contributed by atoms with Crippen molar-refractivity contribution in [2.24, 2.45) is 0 Å². The van der Waals surface area contributed by atoms with Crippen molar-refractivity contribution < 1.29 is 18.0 Å². The summed E-state index contributed by atoms with van der Waals surface area (Å²) in [7, 11) is -4.25. The Labute approximate surface area is 265 Å². The maximum absolute atomic E-state index is 14.3. The predicted octanol–water partition coefficient (Wildman–Crippen LogP) is 7.06. The molecule has 2 amide bonds. The zero-order chi connectivity index (χ0) is 31.1. The number of anilines is 1. The van der Waals surface area contributed by atoms with E-state index in [-0.39, 0.29) is 39.1 Å². The van der Waals surface area contributed by atoms with Crippen LogP contribution in [0.4, 0.5) is 5.69 Å². The van der Waals surface area contributed by atoms with Gasteiger partial charge in [-0.25, -0.2) is 8.42 Å². The van der Waals surface area contributed by atoms with E-state index >= 15 is 0 Å². The fourth-order valence-electron chi connectivity index (χ4n) is 5.39. The second-order valence-electron chi connectivity index (χ2n) is 11.2. The molecule has 0 aliphatic heterocycles. The van der Waals surface area contributed by atoms with E-state index in [1.54, 1.807) is 24.3 Å². The zero-order valence-corrected chi connectivity index (χ0v) is 27.2. The summed E-state index contributed by atoms with van der Waals surface area (Å²) >= 11 is 12.8. The van der Waals surface area contributed by atoms with Gasteiger partial charge in [0.15, 0.2) is 0 Å². The number of benzene rings is 3. The molecule has 4 rings (SSSR count). The summed E-state index contributed by atoms with van der Waals surface area (Å²) in [4.78, 5) is 29.4. The van der Waals surface area contributed by atoms with Crippen LogP contribution in [0.2, 0.25) is 10.0 Å². The van der Waals surface area contributed by atoms with Gasteiger partial charge in [-0.1, -0.05) is 103 Å². The predicted molar refractivity (Wildman–Crippen MR) is 173 cm³/mol. The van der Waals surface area contributed by atoms with E-state index in [2.05, 4.69) is 5.32 Å². The van der Waals surface area contributed by atoms with Gasteiger partial charge in [0.1, 0.15) is 12.6 Å². The molecule has 1 saturated carbocycles. The topological polar surface area (TPSA) is 86.8 Å². The van der Waals surface area contributed by atoms with Gasteiger partial charge in [-0.2, -0.15) is 0 Å². The number of halogens is 2. The summed E-state index contributed by atoms with van der Waals surface area (Å²) in [5.41, 5.74) is 2.87. The molecule has 1 N–H and O–H groups in total. The first-order valence-electron chi connectivity index (χ1n) is 14.7. The second kappa shape index (κ2) is 14.6. The van der Waals surface area contributed by atoms with Gasteiger partial charge in [0.2, 0.25) is 11.8 Å². The number of carbonyl (C=O) groups excluding carboxylic acids is 2. The maximum Gasteiger partial charge on any atom is 0.264 e. The van der Waals surface area contributed by atoms with Gasteiger partial charge in [0.05, 0.1) is 20.6 Å². The lowest BCUT2D eigenvalue weighted by molar-refractivity contribution is -0.140. The van der Waals surface area contributed by atoms with Crippen LogP contribution < -0.4 is 9.62 Å². The molecule has 1 unspecified atom stereocenters. The Hall–Kier alpha value is -3.07. The van der Waals surface area contributed by atoms with Gasteiger partial charge >= 0.3 is 0 Å². The maximum atomic E-state index is 14.3. The normalized spacial score (nSPS) is 14.6. The summed E-state index contributed by atoms with van der Waals surface area (Å²) in [6.07, 6.45) is 5.44. The molecule has 1 aliphatic rings. The van der Waals surface area contributed by atoms with Crippen molar-refractivity contribution in [1.82, 2.24) is 10.2 Å². The molecule has 0 radical (unpaired) electrons. The molecule has 230 valence electrons. The fourth-order valence-corrected chi connectivity index (χ4v) is 7.26. The SMILES string of the molecule is CCC(C(=O)NC1CCCCC1)N(Cc1ccc(C)cc1)C(=O)CN(c1cccc(Cl)c1Cl)S(=O)(=O)c1ccc(C)cc1. The highest BCUT2D eigenvalue weighted by Crippen LogP contribution is 2.35. The summed E-state index contributed by atoms with van der Waals surface area (Å²) in [6.45, 7) is 5.25. The van der Waals surface area contributed by atoms with Crippen molar-refractivity contribution in [3.8, 4) is 0 Å². The Morgan fingerprint density at radius 2 is 1.51 bits per heavy atom. The van der Waals surface area contributed by atoms with Crippen molar-refractivity contribution in [1.29, 1.82) is 0 Å². The fraction of sp³-hybridized carbons (Fsp3) is 0.394. The standard InChI is InChI=1S/C33H39Cl2N3O4S/c1-4-29(33(40)36-26-9-6-5-7-10-26)37(21-25-17-13-23(2)14-18-25)31(39)22-38(30-12-8-11-28(34)32(30)35)43(41,42)27-19-15-24(3)16-20-27/h8,11-20,26,29H,4-7,9-10,21-22H2,1-3H3,(H,36,40). The molecule has 0 spiro atoms. The van der Waals surface area contributed by atoms with E-state index in [0.29, 0.717) is 6.42 Å². The quantitative estimate of drug-likeness (QED) is 0.242. The van der Waals surface area contributed by atoms with Crippen LogP contribution >= 0.6 is 23.2 Å². The monoisotopic (exact) mass is 643 g/mol. The molecule has 0 heterocycles. The first kappa shape index (κ1) is 32.8. The van der Waals surface area contributed by atoms with Crippen LogP contribution in [0.15, 0.2) is 71.6 Å². The van der Waals surface area contributed by atoms with E-state index in [4.69, 9.17) is 23.2 Å². The first-order valence-corrected chi connectivity index (χ1v) is 16.9. The van der Waals surface area contributed by atoms with Crippen LogP contribution in [0.1, 0.15) is 62.1 Å². The molecule has 0 saturated heterocycles. The molecule has 43 heavy (non-hydrogen) atoms. The molecule has 0 bridgehead atoms. The number of rotatable bonds is 11.